The van der Waals surface area contributed by atoms with Gasteiger partial charge in [0.1, 0.15) is 0 Å². The van der Waals surface area contributed by atoms with Crippen LogP contribution in [-0.4, -0.2) is 35.7 Å². The van der Waals surface area contributed by atoms with E-state index in [0.29, 0.717) is 29.8 Å². The Morgan fingerprint density at radius 1 is 0.962 bits per heavy atom. The van der Waals surface area contributed by atoms with E-state index < -0.39 is 0 Å². The van der Waals surface area contributed by atoms with Crippen molar-refractivity contribution in [2.24, 2.45) is 5.73 Å². The number of carbonyl (C=O) groups excluding carboxylic acids is 3. The molecule has 0 unspecified atom stereocenters. The number of fused-ring (bicyclic) bond motifs is 1. The number of hydrogen-bond acceptors (Lipinski definition) is 4. The Bertz CT molecular complexity index is 813. The van der Waals surface area contributed by atoms with Crippen molar-refractivity contribution in [2.45, 2.75) is 19.4 Å². The SMILES string of the molecule is NCCCCNC(=O)c1cccc(CN2C(=O)c3ccccc3C2=O)c1. The van der Waals surface area contributed by atoms with Crippen molar-refractivity contribution in [3.8, 4) is 0 Å². The van der Waals surface area contributed by atoms with Crippen LogP contribution in [0.2, 0.25) is 0 Å². The number of nitrogens with two attached hydrogens (primary N) is 1. The molecule has 134 valence electrons. The molecule has 3 amide bonds. The zero-order chi connectivity index (χ0) is 18.5. The Balaban J connectivity index is 1.69. The summed E-state index contributed by atoms with van der Waals surface area (Å²) >= 11 is 0. The Morgan fingerprint density at radius 3 is 2.31 bits per heavy atom. The number of carbonyl (C=O) groups is 3. The van der Waals surface area contributed by atoms with Gasteiger partial charge in [0.25, 0.3) is 17.7 Å². The average Bonchev–Trinajstić information content (AvgIpc) is 2.91. The van der Waals surface area contributed by atoms with Gasteiger partial charge in [0, 0.05) is 12.1 Å². The van der Waals surface area contributed by atoms with E-state index in [-0.39, 0.29) is 24.3 Å². The monoisotopic (exact) mass is 351 g/mol. The lowest BCUT2D eigenvalue weighted by Crippen LogP contribution is -2.29. The van der Waals surface area contributed by atoms with Gasteiger partial charge in [0.2, 0.25) is 0 Å². The molecule has 1 aliphatic heterocycles. The molecule has 2 aromatic rings. The second-order valence-corrected chi connectivity index (χ2v) is 6.19. The van der Waals surface area contributed by atoms with Gasteiger partial charge in [-0.25, -0.2) is 0 Å². The predicted molar refractivity (Wildman–Crippen MR) is 97.7 cm³/mol. The highest BCUT2D eigenvalue weighted by atomic mass is 16.2. The maximum absolute atomic E-state index is 12.4. The maximum atomic E-state index is 12.4. The fourth-order valence-corrected chi connectivity index (χ4v) is 2.95. The molecule has 0 aromatic heterocycles. The standard InChI is InChI=1S/C20H21N3O3/c21-10-3-4-11-22-18(24)15-7-5-6-14(12-15)13-23-19(25)16-8-1-2-9-17(16)20(23)26/h1-2,5-9,12H,3-4,10-11,13,21H2,(H,22,24). The molecule has 26 heavy (non-hydrogen) atoms. The van der Waals surface area contributed by atoms with E-state index in [1.165, 1.54) is 4.90 Å². The van der Waals surface area contributed by atoms with Gasteiger partial charge in [0.15, 0.2) is 0 Å². The lowest BCUT2D eigenvalue weighted by atomic mass is 10.1. The molecule has 6 nitrogen and oxygen atoms in total. The number of nitrogens with one attached hydrogen (secondary N) is 1. The molecule has 0 bridgehead atoms. The molecular formula is C20H21N3O3. The topological polar surface area (TPSA) is 92.5 Å². The molecule has 0 atom stereocenters. The van der Waals surface area contributed by atoms with Crippen LogP contribution in [0.25, 0.3) is 0 Å². The average molecular weight is 351 g/mol. The van der Waals surface area contributed by atoms with Crippen molar-refractivity contribution >= 4 is 17.7 Å². The molecular weight excluding hydrogens is 330 g/mol. The molecule has 6 heteroatoms. The van der Waals surface area contributed by atoms with Gasteiger partial charge >= 0.3 is 0 Å². The quantitative estimate of drug-likeness (QED) is 0.589. The van der Waals surface area contributed by atoms with Gasteiger partial charge in [0.05, 0.1) is 17.7 Å². The number of amides is 3. The molecule has 3 N–H and O–H groups in total. The lowest BCUT2D eigenvalue weighted by molar-refractivity contribution is 0.0642. The predicted octanol–water partition coefficient (Wildman–Crippen LogP) is 1.95. The number of unbranched alkanes of at least 4 members (excludes halogenated alkanes) is 1. The second kappa shape index (κ2) is 7.93. The summed E-state index contributed by atoms with van der Waals surface area (Å²) in [4.78, 5) is 38.3. The van der Waals surface area contributed by atoms with Gasteiger partial charge in [-0.2, -0.15) is 0 Å². The fourth-order valence-electron chi connectivity index (χ4n) is 2.95. The number of rotatable bonds is 7. The largest absolute Gasteiger partial charge is 0.352 e. The molecule has 0 spiro atoms. The van der Waals surface area contributed by atoms with Crippen LogP contribution in [0.1, 0.15) is 49.5 Å². The first-order chi connectivity index (χ1) is 12.6. The Hall–Kier alpha value is -2.99. The molecule has 2 aromatic carbocycles. The minimum Gasteiger partial charge on any atom is -0.352 e. The number of benzene rings is 2. The van der Waals surface area contributed by atoms with E-state index in [2.05, 4.69) is 5.32 Å². The first-order valence-electron chi connectivity index (χ1n) is 8.64. The minimum absolute atomic E-state index is 0.140. The number of nitrogens with zero attached hydrogens (tertiary/aromatic N) is 1. The summed E-state index contributed by atoms with van der Waals surface area (Å²) in [6.45, 7) is 1.31. The van der Waals surface area contributed by atoms with Gasteiger partial charge in [-0.1, -0.05) is 24.3 Å². The summed E-state index contributed by atoms with van der Waals surface area (Å²) in [5.74, 6) is -0.782. The summed E-state index contributed by atoms with van der Waals surface area (Å²) in [7, 11) is 0. The van der Waals surface area contributed by atoms with Crippen molar-refractivity contribution in [3.63, 3.8) is 0 Å². The fraction of sp³-hybridized carbons (Fsp3) is 0.250. The highest BCUT2D eigenvalue weighted by molar-refractivity contribution is 6.21. The summed E-state index contributed by atoms with van der Waals surface area (Å²) in [5, 5.41) is 2.84. The smallest absolute Gasteiger partial charge is 0.261 e. The molecule has 1 heterocycles. The van der Waals surface area contributed by atoms with Crippen LogP contribution in [0, 0.1) is 0 Å². The zero-order valence-electron chi connectivity index (χ0n) is 14.4. The summed E-state index contributed by atoms with van der Waals surface area (Å²) in [6.07, 6.45) is 1.69. The first-order valence-corrected chi connectivity index (χ1v) is 8.64. The summed E-state index contributed by atoms with van der Waals surface area (Å²) in [6, 6.07) is 13.8. The van der Waals surface area contributed by atoms with Gasteiger partial charge < -0.3 is 11.1 Å². The van der Waals surface area contributed by atoms with Crippen molar-refractivity contribution in [1.82, 2.24) is 10.2 Å². The van der Waals surface area contributed by atoms with Crippen LogP contribution >= 0.6 is 0 Å². The van der Waals surface area contributed by atoms with E-state index in [1.807, 2.05) is 0 Å². The summed E-state index contributed by atoms with van der Waals surface area (Å²) in [5.41, 5.74) is 7.52. The Labute approximate surface area is 152 Å². The van der Waals surface area contributed by atoms with Crippen LogP contribution in [0.3, 0.4) is 0 Å². The number of hydrogen-bond donors (Lipinski definition) is 2. The van der Waals surface area contributed by atoms with Crippen LogP contribution in [0.15, 0.2) is 48.5 Å². The van der Waals surface area contributed by atoms with E-state index in [0.717, 1.165) is 18.4 Å². The van der Waals surface area contributed by atoms with E-state index in [1.54, 1.807) is 48.5 Å². The summed E-state index contributed by atoms with van der Waals surface area (Å²) < 4.78 is 0. The third-order valence-electron chi connectivity index (χ3n) is 4.32. The third-order valence-corrected chi connectivity index (χ3v) is 4.32. The highest BCUT2D eigenvalue weighted by Crippen LogP contribution is 2.24. The van der Waals surface area contributed by atoms with Crippen LogP contribution in [-0.2, 0) is 6.54 Å². The molecule has 0 saturated carbocycles. The van der Waals surface area contributed by atoms with Crippen LogP contribution in [0.4, 0.5) is 0 Å². The lowest BCUT2D eigenvalue weighted by Gasteiger charge is -2.14. The zero-order valence-corrected chi connectivity index (χ0v) is 14.4. The van der Waals surface area contributed by atoms with E-state index in [9.17, 15) is 14.4 Å². The molecule has 0 aliphatic carbocycles. The minimum atomic E-state index is -0.303. The van der Waals surface area contributed by atoms with Crippen molar-refractivity contribution in [3.05, 3.63) is 70.8 Å². The molecule has 3 rings (SSSR count). The molecule has 1 aliphatic rings. The maximum Gasteiger partial charge on any atom is 0.261 e. The van der Waals surface area contributed by atoms with Crippen LogP contribution < -0.4 is 11.1 Å². The molecule has 0 fully saturated rings. The van der Waals surface area contributed by atoms with Crippen molar-refractivity contribution in [2.75, 3.05) is 13.1 Å². The van der Waals surface area contributed by atoms with Crippen molar-refractivity contribution < 1.29 is 14.4 Å². The van der Waals surface area contributed by atoms with Crippen LogP contribution in [0.5, 0.6) is 0 Å². The Kier molecular flexibility index (Phi) is 5.43. The molecule has 0 radical (unpaired) electrons. The van der Waals surface area contributed by atoms with E-state index >= 15 is 0 Å². The highest BCUT2D eigenvalue weighted by Gasteiger charge is 2.34. The van der Waals surface area contributed by atoms with Crippen molar-refractivity contribution in [1.29, 1.82) is 0 Å². The Morgan fingerprint density at radius 2 is 1.65 bits per heavy atom. The van der Waals surface area contributed by atoms with E-state index in [4.69, 9.17) is 5.73 Å². The van der Waals surface area contributed by atoms with Gasteiger partial charge in [-0.15, -0.1) is 0 Å². The van der Waals surface area contributed by atoms with Gasteiger partial charge in [-0.3, -0.25) is 19.3 Å². The van der Waals surface area contributed by atoms with Gasteiger partial charge in [-0.05, 0) is 49.2 Å². The third kappa shape index (κ3) is 3.65. The second-order valence-electron chi connectivity index (χ2n) is 6.19. The molecule has 0 saturated heterocycles. The first kappa shape index (κ1) is 17.8. The normalized spacial score (nSPS) is 13.0. The number of imide groups is 1.